The van der Waals surface area contributed by atoms with Gasteiger partial charge in [-0.15, -0.1) is 0 Å². The number of methoxy groups -OCH3 is 1. The van der Waals surface area contributed by atoms with Gasteiger partial charge < -0.3 is 4.74 Å². The van der Waals surface area contributed by atoms with Crippen molar-refractivity contribution in [2.45, 2.75) is 13.5 Å². The molecule has 2 aromatic rings. The van der Waals surface area contributed by atoms with E-state index < -0.39 is 0 Å². The van der Waals surface area contributed by atoms with Crippen molar-refractivity contribution in [3.63, 3.8) is 0 Å². The standard InChI is InChI=1S/C13H15BrN4O2/c1-4-18-11(9(14)8-16-18)13(19)17(2)12-10(20-3)6-5-7-15-12/h5-8H,4H2,1-3H3. The van der Waals surface area contributed by atoms with Gasteiger partial charge >= 0.3 is 0 Å². The molecule has 0 saturated carbocycles. The van der Waals surface area contributed by atoms with Gasteiger partial charge in [0.2, 0.25) is 0 Å². The Hall–Kier alpha value is -1.89. The summed E-state index contributed by atoms with van der Waals surface area (Å²) in [5, 5.41) is 4.14. The summed E-state index contributed by atoms with van der Waals surface area (Å²) in [6, 6.07) is 3.52. The predicted molar refractivity (Wildman–Crippen MR) is 79.1 cm³/mol. The fraction of sp³-hybridized carbons (Fsp3) is 0.308. The highest BCUT2D eigenvalue weighted by Gasteiger charge is 2.23. The molecule has 6 nitrogen and oxygen atoms in total. The Morgan fingerprint density at radius 3 is 2.95 bits per heavy atom. The Morgan fingerprint density at radius 2 is 2.30 bits per heavy atom. The summed E-state index contributed by atoms with van der Waals surface area (Å²) < 4.78 is 7.53. The van der Waals surface area contributed by atoms with Gasteiger partial charge in [0.05, 0.1) is 17.8 Å². The van der Waals surface area contributed by atoms with Crippen LogP contribution in [0.1, 0.15) is 17.4 Å². The first kappa shape index (κ1) is 14.5. The molecule has 0 spiro atoms. The van der Waals surface area contributed by atoms with Crippen LogP contribution in [0.3, 0.4) is 0 Å². The van der Waals surface area contributed by atoms with Crippen LogP contribution in [0, 0.1) is 0 Å². The lowest BCUT2D eigenvalue weighted by molar-refractivity contribution is 0.0980. The molecule has 1 amide bonds. The van der Waals surface area contributed by atoms with E-state index in [1.165, 1.54) is 4.90 Å². The third kappa shape index (κ3) is 2.53. The Balaban J connectivity index is 2.40. The first-order valence-electron chi connectivity index (χ1n) is 6.08. The van der Waals surface area contributed by atoms with Crippen LogP contribution in [0.15, 0.2) is 29.0 Å². The SMILES string of the molecule is CCn1ncc(Br)c1C(=O)N(C)c1ncccc1OC. The van der Waals surface area contributed by atoms with Gasteiger partial charge in [-0.1, -0.05) is 0 Å². The second-order valence-electron chi connectivity index (χ2n) is 4.05. The van der Waals surface area contributed by atoms with E-state index in [2.05, 4.69) is 26.0 Å². The number of ether oxygens (including phenoxy) is 1. The van der Waals surface area contributed by atoms with Crippen LogP contribution >= 0.6 is 15.9 Å². The second kappa shape index (κ2) is 6.04. The second-order valence-corrected chi connectivity index (χ2v) is 4.90. The molecule has 0 aliphatic rings. The summed E-state index contributed by atoms with van der Waals surface area (Å²) in [5.74, 6) is 0.811. The molecule has 0 N–H and O–H groups in total. The summed E-state index contributed by atoms with van der Waals surface area (Å²) >= 11 is 3.35. The quantitative estimate of drug-likeness (QED) is 0.858. The largest absolute Gasteiger partial charge is 0.493 e. The molecule has 0 bridgehead atoms. The van der Waals surface area contributed by atoms with Gasteiger partial charge in [0.15, 0.2) is 11.6 Å². The van der Waals surface area contributed by atoms with Crippen molar-refractivity contribution in [1.29, 1.82) is 0 Å². The number of aromatic nitrogens is 3. The maximum absolute atomic E-state index is 12.6. The van der Waals surface area contributed by atoms with Crippen LogP contribution < -0.4 is 9.64 Å². The van der Waals surface area contributed by atoms with Crippen molar-refractivity contribution in [3.05, 3.63) is 34.7 Å². The molecule has 0 aliphatic carbocycles. The predicted octanol–water partition coefficient (Wildman–Crippen LogP) is 2.35. The molecule has 7 heteroatoms. The van der Waals surface area contributed by atoms with Crippen LogP contribution in [-0.4, -0.2) is 34.8 Å². The zero-order valence-corrected chi connectivity index (χ0v) is 13.1. The number of carbonyl (C=O) groups is 1. The summed E-state index contributed by atoms with van der Waals surface area (Å²) in [5.41, 5.74) is 0.489. The topological polar surface area (TPSA) is 60.2 Å². The van der Waals surface area contributed by atoms with E-state index >= 15 is 0 Å². The van der Waals surface area contributed by atoms with E-state index in [4.69, 9.17) is 4.74 Å². The molecule has 2 rings (SSSR count). The number of aryl methyl sites for hydroxylation is 1. The Morgan fingerprint density at radius 1 is 1.55 bits per heavy atom. The smallest absolute Gasteiger partial charge is 0.278 e. The molecule has 0 radical (unpaired) electrons. The molecule has 106 valence electrons. The average Bonchev–Trinajstić information content (AvgIpc) is 2.86. The monoisotopic (exact) mass is 338 g/mol. The zero-order chi connectivity index (χ0) is 14.7. The van der Waals surface area contributed by atoms with Gasteiger partial charge in [-0.3, -0.25) is 14.4 Å². The zero-order valence-electron chi connectivity index (χ0n) is 11.5. The minimum Gasteiger partial charge on any atom is -0.493 e. The molecule has 0 aliphatic heterocycles. The van der Waals surface area contributed by atoms with Crippen molar-refractivity contribution < 1.29 is 9.53 Å². The lowest BCUT2D eigenvalue weighted by atomic mass is 10.3. The molecular formula is C13H15BrN4O2. The highest BCUT2D eigenvalue weighted by molar-refractivity contribution is 9.10. The molecule has 2 heterocycles. The van der Waals surface area contributed by atoms with E-state index in [1.807, 2.05) is 6.92 Å². The number of pyridine rings is 1. The molecule has 0 unspecified atom stereocenters. The number of amides is 1. The third-order valence-corrected chi connectivity index (χ3v) is 3.47. The van der Waals surface area contributed by atoms with Crippen molar-refractivity contribution in [2.75, 3.05) is 19.1 Å². The lowest BCUT2D eigenvalue weighted by Gasteiger charge is -2.19. The van der Waals surface area contributed by atoms with Gasteiger partial charge in [-0.25, -0.2) is 4.98 Å². The van der Waals surface area contributed by atoms with Crippen LogP contribution in [-0.2, 0) is 6.54 Å². The molecule has 0 fully saturated rings. The van der Waals surface area contributed by atoms with E-state index in [0.29, 0.717) is 28.3 Å². The number of nitrogens with zero attached hydrogens (tertiary/aromatic N) is 4. The maximum Gasteiger partial charge on any atom is 0.278 e. The first-order chi connectivity index (χ1) is 9.60. The number of rotatable bonds is 4. The Kier molecular flexibility index (Phi) is 4.39. The lowest BCUT2D eigenvalue weighted by Crippen LogP contribution is -2.30. The van der Waals surface area contributed by atoms with Crippen molar-refractivity contribution in [2.24, 2.45) is 0 Å². The Bertz CT molecular complexity index is 627. The molecule has 2 aromatic heterocycles. The van der Waals surface area contributed by atoms with Crippen molar-refractivity contribution in [3.8, 4) is 5.75 Å². The van der Waals surface area contributed by atoms with Gasteiger partial charge in [-0.05, 0) is 35.0 Å². The normalized spacial score (nSPS) is 10.4. The molecule has 0 aromatic carbocycles. The molecule has 20 heavy (non-hydrogen) atoms. The van der Waals surface area contributed by atoms with E-state index in [1.54, 1.807) is 43.4 Å². The summed E-state index contributed by atoms with van der Waals surface area (Å²) in [6.45, 7) is 2.54. The van der Waals surface area contributed by atoms with E-state index in [9.17, 15) is 4.79 Å². The van der Waals surface area contributed by atoms with Gasteiger partial charge in [0.25, 0.3) is 5.91 Å². The number of halogens is 1. The summed E-state index contributed by atoms with van der Waals surface area (Å²) in [7, 11) is 3.21. The number of hydrogen-bond acceptors (Lipinski definition) is 4. The molecule has 0 atom stereocenters. The molecule has 0 saturated heterocycles. The van der Waals surface area contributed by atoms with Crippen molar-refractivity contribution in [1.82, 2.24) is 14.8 Å². The van der Waals surface area contributed by atoms with Crippen LogP contribution in [0.2, 0.25) is 0 Å². The number of hydrogen-bond donors (Lipinski definition) is 0. The van der Waals surface area contributed by atoms with Crippen molar-refractivity contribution >= 4 is 27.7 Å². The Labute approximate surface area is 125 Å². The van der Waals surface area contributed by atoms with Gasteiger partial charge in [-0.2, -0.15) is 5.10 Å². The van der Waals surface area contributed by atoms with Gasteiger partial charge in [0, 0.05) is 19.8 Å². The fourth-order valence-electron chi connectivity index (χ4n) is 1.86. The maximum atomic E-state index is 12.6. The van der Waals surface area contributed by atoms with Crippen LogP contribution in [0.4, 0.5) is 5.82 Å². The summed E-state index contributed by atoms with van der Waals surface area (Å²) in [4.78, 5) is 18.3. The van der Waals surface area contributed by atoms with Crippen LogP contribution in [0.5, 0.6) is 5.75 Å². The average molecular weight is 339 g/mol. The first-order valence-corrected chi connectivity index (χ1v) is 6.87. The van der Waals surface area contributed by atoms with Gasteiger partial charge in [0.1, 0.15) is 5.69 Å². The number of anilines is 1. The van der Waals surface area contributed by atoms with Crippen LogP contribution in [0.25, 0.3) is 0 Å². The highest BCUT2D eigenvalue weighted by atomic mass is 79.9. The minimum absolute atomic E-state index is 0.201. The molecular weight excluding hydrogens is 324 g/mol. The fourth-order valence-corrected chi connectivity index (χ4v) is 2.33. The van der Waals surface area contributed by atoms with E-state index in [0.717, 1.165) is 0 Å². The minimum atomic E-state index is -0.201. The summed E-state index contributed by atoms with van der Waals surface area (Å²) in [6.07, 6.45) is 3.23. The van der Waals surface area contributed by atoms with E-state index in [-0.39, 0.29) is 5.91 Å². The third-order valence-electron chi connectivity index (χ3n) is 2.89. The highest BCUT2D eigenvalue weighted by Crippen LogP contribution is 2.26. The number of carbonyl (C=O) groups excluding carboxylic acids is 1.